The molecule has 2 aliphatic rings. The Morgan fingerprint density at radius 1 is 1.19 bits per heavy atom. The van der Waals surface area contributed by atoms with Crippen molar-refractivity contribution >= 4 is 24.8 Å². The molecule has 4 heterocycles. The summed E-state index contributed by atoms with van der Waals surface area (Å²) in [7, 11) is 2.01. The number of phenols is 1. The number of ether oxygens (including phenoxy) is 1. The molecule has 0 bridgehead atoms. The van der Waals surface area contributed by atoms with Crippen molar-refractivity contribution in [2.24, 2.45) is 5.92 Å². The molecule has 5 rings (SSSR count). The fourth-order valence-corrected chi connectivity index (χ4v) is 4.92. The number of hydrogen-bond acceptors (Lipinski definition) is 6. The third-order valence-electron chi connectivity index (χ3n) is 6.66. The van der Waals surface area contributed by atoms with E-state index >= 15 is 0 Å². The summed E-state index contributed by atoms with van der Waals surface area (Å²) in [5, 5.41) is 18.5. The fraction of sp³-hybridized carbons (Fsp3) is 0.478. The van der Waals surface area contributed by atoms with Gasteiger partial charge in [-0.25, -0.2) is 4.98 Å². The molecule has 0 aliphatic carbocycles. The highest BCUT2D eigenvalue weighted by Gasteiger charge is 2.27. The number of hydrogen-bond donors (Lipinski definition) is 2. The van der Waals surface area contributed by atoms with Crippen LogP contribution in [0.5, 0.6) is 5.75 Å². The second-order valence-corrected chi connectivity index (χ2v) is 8.83. The molecule has 8 heteroatoms. The van der Waals surface area contributed by atoms with Gasteiger partial charge in [-0.05, 0) is 55.7 Å². The molecule has 2 aromatic heterocycles. The summed E-state index contributed by atoms with van der Waals surface area (Å²) in [6, 6.07) is 10.0. The maximum absolute atomic E-state index is 10.3. The van der Waals surface area contributed by atoms with E-state index in [2.05, 4.69) is 15.3 Å². The van der Waals surface area contributed by atoms with Crippen molar-refractivity contribution in [1.29, 1.82) is 0 Å². The minimum absolute atomic E-state index is 0.238. The topological polar surface area (TPSA) is 74.9 Å². The first-order chi connectivity index (χ1) is 15.2. The Bertz CT molecular complexity index is 1050. The lowest BCUT2D eigenvalue weighted by atomic mass is 9.94. The summed E-state index contributed by atoms with van der Waals surface area (Å²) < 4.78 is 7.42. The SMILES string of the molecule is Bc1cnn2c(NCC3CCCN(C4CCOCC4)C3)cc(-c3ccccc3O)nc12. The minimum Gasteiger partial charge on any atom is -0.507 e. The Balaban J connectivity index is 1.35. The molecule has 2 fully saturated rings. The molecule has 1 aromatic carbocycles. The number of aromatic hydroxyl groups is 1. The Morgan fingerprint density at radius 2 is 2.03 bits per heavy atom. The lowest BCUT2D eigenvalue weighted by molar-refractivity contribution is 0.0190. The summed E-state index contributed by atoms with van der Waals surface area (Å²) in [6.45, 7) is 5.03. The van der Waals surface area contributed by atoms with Crippen LogP contribution in [0.1, 0.15) is 25.7 Å². The highest BCUT2D eigenvalue weighted by atomic mass is 16.5. The molecule has 3 aromatic rings. The number of nitrogens with zero attached hydrogens (tertiary/aromatic N) is 4. The lowest BCUT2D eigenvalue weighted by Gasteiger charge is -2.40. The van der Waals surface area contributed by atoms with Crippen LogP contribution in [0, 0.1) is 5.92 Å². The summed E-state index contributed by atoms with van der Waals surface area (Å²) in [5.74, 6) is 1.76. The first kappa shape index (κ1) is 20.3. The summed E-state index contributed by atoms with van der Waals surface area (Å²) in [5.41, 5.74) is 3.32. The van der Waals surface area contributed by atoms with Crippen molar-refractivity contribution in [3.8, 4) is 17.0 Å². The Labute approximate surface area is 183 Å². The maximum atomic E-state index is 10.3. The molecule has 2 aliphatic heterocycles. The number of likely N-dealkylation sites (tertiary alicyclic amines) is 1. The highest BCUT2D eigenvalue weighted by molar-refractivity contribution is 6.36. The van der Waals surface area contributed by atoms with Crippen LogP contribution in [-0.4, -0.2) is 71.3 Å². The van der Waals surface area contributed by atoms with E-state index in [0.29, 0.717) is 12.0 Å². The van der Waals surface area contributed by atoms with Gasteiger partial charge in [0.25, 0.3) is 0 Å². The van der Waals surface area contributed by atoms with Gasteiger partial charge in [-0.1, -0.05) is 12.1 Å². The molecule has 0 spiro atoms. The Kier molecular flexibility index (Phi) is 5.83. The highest BCUT2D eigenvalue weighted by Crippen LogP contribution is 2.29. The molecule has 1 atom stereocenters. The molecule has 0 saturated carbocycles. The molecular formula is C23H30BN5O2. The number of anilines is 1. The first-order valence-corrected chi connectivity index (χ1v) is 11.4. The van der Waals surface area contributed by atoms with Gasteiger partial charge >= 0.3 is 0 Å². The number of aromatic nitrogens is 3. The van der Waals surface area contributed by atoms with E-state index in [-0.39, 0.29) is 5.75 Å². The van der Waals surface area contributed by atoms with E-state index in [1.807, 2.05) is 42.8 Å². The lowest BCUT2D eigenvalue weighted by Crippen LogP contribution is -2.46. The number of nitrogens with one attached hydrogen (secondary N) is 1. The molecule has 0 radical (unpaired) electrons. The Morgan fingerprint density at radius 3 is 2.87 bits per heavy atom. The van der Waals surface area contributed by atoms with Crippen LogP contribution in [0.4, 0.5) is 5.82 Å². The maximum Gasteiger partial charge on any atom is 0.151 e. The van der Waals surface area contributed by atoms with Gasteiger partial charge in [-0.3, -0.25) is 4.90 Å². The number of piperidine rings is 1. The standard InChI is InChI=1S/C23H30BN5O2/c24-19-14-26-29-22(12-20(27-23(19)29)18-5-1-2-6-21(18)30)25-13-16-4-3-9-28(15-16)17-7-10-31-11-8-17/h1-2,5-6,12,14,16-17,25,30H,3-4,7-11,13,15,24H2. The number of fused-ring (bicyclic) bond motifs is 1. The van der Waals surface area contributed by atoms with Crippen molar-refractivity contribution in [3.63, 3.8) is 0 Å². The van der Waals surface area contributed by atoms with Crippen LogP contribution >= 0.6 is 0 Å². The molecule has 2 N–H and O–H groups in total. The zero-order valence-electron chi connectivity index (χ0n) is 18.1. The van der Waals surface area contributed by atoms with Crippen molar-refractivity contribution in [3.05, 3.63) is 36.5 Å². The summed E-state index contributed by atoms with van der Waals surface area (Å²) in [6.07, 6.45) is 6.64. The normalized spacial score (nSPS) is 20.8. The van der Waals surface area contributed by atoms with E-state index < -0.39 is 0 Å². The molecule has 0 amide bonds. The van der Waals surface area contributed by atoms with Gasteiger partial charge in [-0.2, -0.15) is 9.61 Å². The van der Waals surface area contributed by atoms with Crippen molar-refractivity contribution in [2.75, 3.05) is 38.2 Å². The van der Waals surface area contributed by atoms with Crippen LogP contribution in [-0.2, 0) is 4.74 Å². The van der Waals surface area contributed by atoms with Crippen LogP contribution in [0.25, 0.3) is 16.9 Å². The second kappa shape index (κ2) is 8.89. The van der Waals surface area contributed by atoms with Crippen LogP contribution in [0.3, 0.4) is 0 Å². The van der Waals surface area contributed by atoms with Crippen molar-refractivity contribution in [2.45, 2.75) is 31.7 Å². The predicted molar refractivity (Wildman–Crippen MR) is 125 cm³/mol. The van der Waals surface area contributed by atoms with Crippen LogP contribution in [0.2, 0.25) is 0 Å². The average molecular weight is 419 g/mol. The monoisotopic (exact) mass is 419 g/mol. The first-order valence-electron chi connectivity index (χ1n) is 11.4. The fourth-order valence-electron chi connectivity index (χ4n) is 4.92. The zero-order valence-corrected chi connectivity index (χ0v) is 18.1. The van der Waals surface area contributed by atoms with E-state index in [1.165, 1.54) is 19.4 Å². The van der Waals surface area contributed by atoms with Gasteiger partial charge in [0.1, 0.15) is 19.4 Å². The van der Waals surface area contributed by atoms with Gasteiger partial charge in [0.2, 0.25) is 0 Å². The van der Waals surface area contributed by atoms with Crippen molar-refractivity contribution < 1.29 is 9.84 Å². The average Bonchev–Trinajstić information content (AvgIpc) is 3.19. The predicted octanol–water partition coefficient (Wildman–Crippen LogP) is 1.66. The molecule has 7 nitrogen and oxygen atoms in total. The number of rotatable bonds is 5. The summed E-state index contributed by atoms with van der Waals surface area (Å²) >= 11 is 0. The minimum atomic E-state index is 0.238. The third-order valence-corrected chi connectivity index (χ3v) is 6.66. The second-order valence-electron chi connectivity index (χ2n) is 8.83. The largest absolute Gasteiger partial charge is 0.507 e. The number of benzene rings is 1. The third kappa shape index (κ3) is 4.27. The quantitative estimate of drug-likeness (QED) is 0.613. The molecule has 31 heavy (non-hydrogen) atoms. The summed E-state index contributed by atoms with van der Waals surface area (Å²) in [4.78, 5) is 7.45. The van der Waals surface area contributed by atoms with Crippen LogP contribution in [0.15, 0.2) is 36.5 Å². The number of para-hydroxylation sites is 1. The number of phenolic OH excluding ortho intramolecular Hbond substituents is 1. The van der Waals surface area contributed by atoms with E-state index in [9.17, 15) is 5.11 Å². The zero-order chi connectivity index (χ0) is 21.2. The van der Waals surface area contributed by atoms with Gasteiger partial charge in [0.15, 0.2) is 5.65 Å². The van der Waals surface area contributed by atoms with Gasteiger partial charge < -0.3 is 15.2 Å². The molecular weight excluding hydrogens is 389 g/mol. The van der Waals surface area contributed by atoms with Crippen molar-refractivity contribution in [1.82, 2.24) is 19.5 Å². The Hall–Kier alpha value is -2.58. The van der Waals surface area contributed by atoms with E-state index in [0.717, 1.165) is 67.3 Å². The van der Waals surface area contributed by atoms with Gasteiger partial charge in [0.05, 0.1) is 5.69 Å². The molecule has 2 saturated heterocycles. The van der Waals surface area contributed by atoms with Crippen LogP contribution < -0.4 is 10.8 Å². The molecule has 162 valence electrons. The van der Waals surface area contributed by atoms with Gasteiger partial charge in [0, 0.05) is 50.2 Å². The van der Waals surface area contributed by atoms with E-state index in [1.54, 1.807) is 6.07 Å². The van der Waals surface area contributed by atoms with Gasteiger partial charge in [-0.15, -0.1) is 0 Å². The smallest absolute Gasteiger partial charge is 0.151 e. The molecule has 1 unspecified atom stereocenters. The van der Waals surface area contributed by atoms with E-state index in [4.69, 9.17) is 9.72 Å².